The van der Waals surface area contributed by atoms with Gasteiger partial charge in [-0.15, -0.1) is 12.4 Å². The van der Waals surface area contributed by atoms with Crippen LogP contribution in [0.25, 0.3) is 0 Å². The number of carbonyl (C=O) groups is 1. The highest BCUT2D eigenvalue weighted by atomic mass is 35.5. The molecule has 0 saturated carbocycles. The smallest absolute Gasteiger partial charge is 0.255 e. The van der Waals surface area contributed by atoms with Gasteiger partial charge in [0.15, 0.2) is 9.84 Å². The summed E-state index contributed by atoms with van der Waals surface area (Å²) in [4.78, 5) is 12.3. The van der Waals surface area contributed by atoms with E-state index in [1.54, 1.807) is 18.2 Å². The molecule has 0 fully saturated rings. The van der Waals surface area contributed by atoms with Gasteiger partial charge in [-0.1, -0.05) is 18.2 Å². The first-order chi connectivity index (χ1) is 11.8. The molecule has 1 amide bonds. The van der Waals surface area contributed by atoms with E-state index < -0.39 is 15.7 Å². The molecule has 2 N–H and O–H groups in total. The second kappa shape index (κ2) is 8.16. The Labute approximate surface area is 158 Å². The number of amides is 1. The summed E-state index contributed by atoms with van der Waals surface area (Å²) >= 11 is 0. The molecule has 26 heavy (non-hydrogen) atoms. The van der Waals surface area contributed by atoms with Crippen LogP contribution in [-0.2, 0) is 28.6 Å². The van der Waals surface area contributed by atoms with Crippen molar-refractivity contribution in [2.24, 2.45) is 0 Å². The van der Waals surface area contributed by atoms with Crippen molar-refractivity contribution in [1.29, 1.82) is 0 Å². The average molecular weight is 399 g/mol. The second-order valence-corrected chi connectivity index (χ2v) is 8.35. The summed E-state index contributed by atoms with van der Waals surface area (Å²) in [7, 11) is -3.13. The first kappa shape index (κ1) is 20.4. The van der Waals surface area contributed by atoms with Gasteiger partial charge < -0.3 is 10.6 Å². The number of sulfone groups is 1. The molecule has 5 nitrogen and oxygen atoms in total. The molecule has 3 rings (SSSR count). The summed E-state index contributed by atoms with van der Waals surface area (Å²) in [6.45, 7) is 1.34. The lowest BCUT2D eigenvalue weighted by molar-refractivity contribution is 0.102. The second-order valence-electron chi connectivity index (χ2n) is 6.21. The molecule has 0 saturated heterocycles. The third kappa shape index (κ3) is 4.81. The zero-order valence-corrected chi connectivity index (χ0v) is 15.8. The number of carbonyl (C=O) groups excluding carboxylic acids is 1. The van der Waals surface area contributed by atoms with Gasteiger partial charge >= 0.3 is 0 Å². The van der Waals surface area contributed by atoms with Gasteiger partial charge in [0.1, 0.15) is 5.82 Å². The number of hydrogen-bond acceptors (Lipinski definition) is 4. The summed E-state index contributed by atoms with van der Waals surface area (Å²) in [6.07, 6.45) is 1.74. The normalized spacial score (nSPS) is 13.5. The molecule has 0 atom stereocenters. The molecule has 0 radical (unpaired) electrons. The van der Waals surface area contributed by atoms with Crippen LogP contribution < -0.4 is 10.6 Å². The number of hydrogen-bond donors (Lipinski definition) is 2. The number of anilines is 1. The van der Waals surface area contributed by atoms with Crippen molar-refractivity contribution < 1.29 is 17.6 Å². The fourth-order valence-electron chi connectivity index (χ4n) is 2.88. The maximum absolute atomic E-state index is 14.6. The molecular formula is C18H20ClFN2O3S. The van der Waals surface area contributed by atoms with E-state index in [1.165, 1.54) is 12.1 Å². The topological polar surface area (TPSA) is 75.3 Å². The maximum Gasteiger partial charge on any atom is 0.255 e. The maximum atomic E-state index is 14.6. The van der Waals surface area contributed by atoms with Crippen molar-refractivity contribution in [1.82, 2.24) is 5.32 Å². The van der Waals surface area contributed by atoms with Crippen LogP contribution in [0.3, 0.4) is 0 Å². The van der Waals surface area contributed by atoms with Gasteiger partial charge in [0.2, 0.25) is 0 Å². The number of rotatable bonds is 4. The number of nitrogens with one attached hydrogen (secondary N) is 2. The molecule has 140 valence electrons. The van der Waals surface area contributed by atoms with Gasteiger partial charge in [0.25, 0.3) is 5.91 Å². The molecule has 8 heteroatoms. The predicted octanol–water partition coefficient (Wildman–Crippen LogP) is 2.69. The lowest BCUT2D eigenvalue weighted by Gasteiger charge is -2.19. The summed E-state index contributed by atoms with van der Waals surface area (Å²) < 4.78 is 37.2. The minimum atomic E-state index is -3.13. The molecule has 0 bridgehead atoms. The fourth-order valence-corrected chi connectivity index (χ4v) is 3.68. The molecule has 0 aliphatic carbocycles. The van der Waals surface area contributed by atoms with E-state index >= 15 is 0 Å². The van der Waals surface area contributed by atoms with Gasteiger partial charge in [-0.3, -0.25) is 4.79 Å². The molecule has 2 aromatic rings. The highest BCUT2D eigenvalue weighted by Gasteiger charge is 2.18. The lowest BCUT2D eigenvalue weighted by Crippen LogP contribution is -2.25. The summed E-state index contributed by atoms with van der Waals surface area (Å²) in [6, 6.07) is 9.63. The third-order valence-corrected chi connectivity index (χ3v) is 4.96. The predicted molar refractivity (Wildman–Crippen MR) is 102 cm³/mol. The monoisotopic (exact) mass is 398 g/mol. The van der Waals surface area contributed by atoms with Crippen molar-refractivity contribution in [2.45, 2.75) is 18.7 Å². The summed E-state index contributed by atoms with van der Waals surface area (Å²) in [5.41, 5.74) is 2.65. The summed E-state index contributed by atoms with van der Waals surface area (Å²) in [5, 5.41) is 5.77. The van der Waals surface area contributed by atoms with Crippen LogP contribution in [0.15, 0.2) is 36.4 Å². The molecule has 1 heterocycles. The Morgan fingerprint density at radius 3 is 2.54 bits per heavy atom. The largest absolute Gasteiger partial charge is 0.319 e. The molecule has 1 aliphatic rings. The minimum absolute atomic E-state index is 0. The quantitative estimate of drug-likeness (QED) is 0.830. The van der Waals surface area contributed by atoms with Crippen LogP contribution in [0.1, 0.15) is 27.0 Å². The van der Waals surface area contributed by atoms with Crippen molar-refractivity contribution in [2.75, 3.05) is 18.1 Å². The van der Waals surface area contributed by atoms with Crippen LogP contribution in [0.4, 0.5) is 10.1 Å². The van der Waals surface area contributed by atoms with Crippen LogP contribution in [0.2, 0.25) is 0 Å². The van der Waals surface area contributed by atoms with Crippen LogP contribution >= 0.6 is 12.4 Å². The van der Waals surface area contributed by atoms with Gasteiger partial charge in [-0.05, 0) is 47.9 Å². The highest BCUT2D eigenvalue weighted by Crippen LogP contribution is 2.25. The van der Waals surface area contributed by atoms with E-state index in [-0.39, 0.29) is 29.7 Å². The Morgan fingerprint density at radius 2 is 1.88 bits per heavy atom. The lowest BCUT2D eigenvalue weighted by atomic mass is 9.99. The fraction of sp³-hybridized carbons (Fsp3) is 0.278. The van der Waals surface area contributed by atoms with E-state index in [4.69, 9.17) is 0 Å². The zero-order chi connectivity index (χ0) is 18.0. The highest BCUT2D eigenvalue weighted by molar-refractivity contribution is 7.89. The van der Waals surface area contributed by atoms with Crippen LogP contribution in [-0.4, -0.2) is 27.1 Å². The molecule has 1 aliphatic heterocycles. The number of fused-ring (bicyclic) bond motifs is 1. The average Bonchev–Trinajstić information content (AvgIpc) is 2.57. The third-order valence-electron chi connectivity index (χ3n) is 4.10. The number of halogens is 2. The number of benzene rings is 2. The Kier molecular flexibility index (Phi) is 6.39. The van der Waals surface area contributed by atoms with E-state index in [1.807, 2.05) is 6.07 Å². The van der Waals surface area contributed by atoms with Gasteiger partial charge in [0.05, 0.1) is 11.4 Å². The van der Waals surface area contributed by atoms with Crippen molar-refractivity contribution in [3.8, 4) is 0 Å². The van der Waals surface area contributed by atoms with Crippen molar-refractivity contribution >= 4 is 33.8 Å². The van der Waals surface area contributed by atoms with E-state index in [2.05, 4.69) is 10.6 Å². The van der Waals surface area contributed by atoms with E-state index in [9.17, 15) is 17.6 Å². The standard InChI is InChI=1S/C18H19FN2O3S.ClH/c1-25(23,24)11-12-2-4-13(5-3-12)18(22)21-16-7-6-14-10-20-9-8-15(14)17(16)19;/h2-7,20H,8-11H2,1H3,(H,21,22);1H. The van der Waals surface area contributed by atoms with E-state index in [0.717, 1.165) is 11.8 Å². The molecule has 0 unspecified atom stereocenters. The van der Waals surface area contributed by atoms with Gasteiger partial charge in [0, 0.05) is 18.4 Å². The Hall–Kier alpha value is -1.96. The molecular weight excluding hydrogens is 379 g/mol. The van der Waals surface area contributed by atoms with Crippen molar-refractivity contribution in [3.05, 3.63) is 64.5 Å². The zero-order valence-electron chi connectivity index (χ0n) is 14.2. The van der Waals surface area contributed by atoms with Gasteiger partial charge in [-0.25, -0.2) is 12.8 Å². The Balaban J connectivity index is 0.00000243. The first-order valence-electron chi connectivity index (χ1n) is 7.92. The molecule has 2 aromatic carbocycles. The van der Waals surface area contributed by atoms with Crippen molar-refractivity contribution in [3.63, 3.8) is 0 Å². The summed E-state index contributed by atoms with van der Waals surface area (Å²) in [5.74, 6) is -0.901. The minimum Gasteiger partial charge on any atom is -0.319 e. The SMILES string of the molecule is CS(=O)(=O)Cc1ccc(C(=O)Nc2ccc3c(c2F)CCNC3)cc1.Cl. The molecule has 0 aromatic heterocycles. The molecule has 0 spiro atoms. The Bertz CT molecular complexity index is 915. The van der Waals surface area contributed by atoms with E-state index in [0.29, 0.717) is 36.2 Å². The first-order valence-corrected chi connectivity index (χ1v) is 9.98. The van der Waals surface area contributed by atoms with Gasteiger partial charge in [-0.2, -0.15) is 0 Å². The van der Waals surface area contributed by atoms with Crippen LogP contribution in [0, 0.1) is 5.82 Å². The van der Waals surface area contributed by atoms with Crippen LogP contribution in [0.5, 0.6) is 0 Å². The Morgan fingerprint density at radius 1 is 1.19 bits per heavy atom.